The first kappa shape index (κ1) is 16.0. The minimum absolute atomic E-state index is 0.133. The zero-order valence-electron chi connectivity index (χ0n) is 13.9. The number of para-hydroxylation sites is 1. The summed E-state index contributed by atoms with van der Waals surface area (Å²) in [6.07, 6.45) is 1.48. The summed E-state index contributed by atoms with van der Waals surface area (Å²) < 4.78 is 7.10. The molecule has 9 heteroatoms. The lowest BCUT2D eigenvalue weighted by atomic mass is 10.0. The number of carbonyl (C=O) groups is 2. The molecule has 0 fully saturated rings. The summed E-state index contributed by atoms with van der Waals surface area (Å²) >= 11 is 0. The van der Waals surface area contributed by atoms with Gasteiger partial charge in [0.25, 0.3) is 5.91 Å². The van der Waals surface area contributed by atoms with E-state index >= 15 is 0 Å². The van der Waals surface area contributed by atoms with E-state index in [1.54, 1.807) is 31.3 Å². The molecule has 0 radical (unpaired) electrons. The third kappa shape index (κ3) is 2.44. The lowest BCUT2D eigenvalue weighted by Gasteiger charge is -2.26. The number of nitrogens with zero attached hydrogens (tertiary/aromatic N) is 5. The normalized spacial score (nSPS) is 16.7. The zero-order valence-corrected chi connectivity index (χ0v) is 13.9. The van der Waals surface area contributed by atoms with Crippen molar-refractivity contribution in [3.8, 4) is 5.75 Å². The molecule has 0 spiro atoms. The molecule has 26 heavy (non-hydrogen) atoms. The largest absolute Gasteiger partial charge is 0.491 e. The number of amides is 1. The number of carboxylic acid groups (broad SMARTS) is 1. The van der Waals surface area contributed by atoms with Gasteiger partial charge in [0, 0.05) is 18.8 Å². The van der Waals surface area contributed by atoms with Gasteiger partial charge in [0.15, 0.2) is 11.7 Å². The van der Waals surface area contributed by atoms with E-state index in [4.69, 9.17) is 4.74 Å². The average Bonchev–Trinajstić information content (AvgIpc) is 2.91. The van der Waals surface area contributed by atoms with Crippen molar-refractivity contribution in [3.05, 3.63) is 47.7 Å². The average molecular weight is 353 g/mol. The molecule has 2 aromatic heterocycles. The Morgan fingerprint density at radius 1 is 1.27 bits per heavy atom. The van der Waals surface area contributed by atoms with Crippen molar-refractivity contribution in [2.75, 3.05) is 13.2 Å². The molecule has 4 rings (SSSR count). The maximum Gasteiger partial charge on any atom is 0.331 e. The predicted octanol–water partition coefficient (Wildman–Crippen LogP) is 1.02. The smallest absolute Gasteiger partial charge is 0.331 e. The lowest BCUT2D eigenvalue weighted by Crippen LogP contribution is -2.40. The molecule has 9 nitrogen and oxygen atoms in total. The third-order valence-corrected chi connectivity index (χ3v) is 4.33. The molecule has 0 saturated heterocycles. The molecule has 1 aliphatic heterocycles. The van der Waals surface area contributed by atoms with Gasteiger partial charge >= 0.3 is 5.97 Å². The summed E-state index contributed by atoms with van der Waals surface area (Å²) in [7, 11) is 1.67. The molecule has 0 saturated carbocycles. The molecule has 3 heterocycles. The first-order valence-corrected chi connectivity index (χ1v) is 7.98. The number of hydrogen-bond acceptors (Lipinski definition) is 6. The van der Waals surface area contributed by atoms with Gasteiger partial charge in [0.1, 0.15) is 17.9 Å². The first-order valence-electron chi connectivity index (χ1n) is 7.98. The van der Waals surface area contributed by atoms with Crippen molar-refractivity contribution in [2.24, 2.45) is 7.05 Å². The standard InChI is InChI=1S/C17H15N5O4/c1-21-15-13(19-20-21)11(6-7-18-15)16(23)22-8-9-26-12-5-3-2-4-10(12)14(22)17(24)25/h2-7,14H,8-9H2,1H3,(H,24,25). The molecule has 0 bridgehead atoms. The van der Waals surface area contributed by atoms with Gasteiger partial charge in [-0.3, -0.25) is 4.79 Å². The van der Waals surface area contributed by atoms with Gasteiger partial charge in [-0.25, -0.2) is 14.5 Å². The number of ether oxygens (including phenoxy) is 1. The van der Waals surface area contributed by atoms with Gasteiger partial charge in [-0.15, -0.1) is 5.10 Å². The number of benzene rings is 1. The van der Waals surface area contributed by atoms with Gasteiger partial charge in [0.05, 0.1) is 12.1 Å². The highest BCUT2D eigenvalue weighted by molar-refractivity contribution is 6.05. The van der Waals surface area contributed by atoms with E-state index in [9.17, 15) is 14.7 Å². The van der Waals surface area contributed by atoms with Crippen LogP contribution in [-0.2, 0) is 11.8 Å². The van der Waals surface area contributed by atoms with Crippen molar-refractivity contribution in [2.45, 2.75) is 6.04 Å². The molecule has 3 aromatic rings. The molecule has 1 atom stereocenters. The summed E-state index contributed by atoms with van der Waals surface area (Å²) in [5, 5.41) is 17.7. The topological polar surface area (TPSA) is 110 Å². The van der Waals surface area contributed by atoms with Crippen LogP contribution in [0.5, 0.6) is 5.75 Å². The monoisotopic (exact) mass is 353 g/mol. The van der Waals surface area contributed by atoms with Crippen LogP contribution in [0.25, 0.3) is 11.2 Å². The second-order valence-electron chi connectivity index (χ2n) is 5.87. The summed E-state index contributed by atoms with van der Waals surface area (Å²) in [5.41, 5.74) is 1.49. The molecular formula is C17H15N5O4. The summed E-state index contributed by atoms with van der Waals surface area (Å²) in [4.78, 5) is 30.6. The second-order valence-corrected chi connectivity index (χ2v) is 5.87. The van der Waals surface area contributed by atoms with Crippen molar-refractivity contribution >= 4 is 23.0 Å². The van der Waals surface area contributed by atoms with E-state index < -0.39 is 17.9 Å². The Kier molecular flexibility index (Phi) is 3.76. The Bertz CT molecular complexity index is 1020. The maximum atomic E-state index is 13.2. The number of aryl methyl sites for hydroxylation is 1. The fourth-order valence-electron chi connectivity index (χ4n) is 3.13. The number of aliphatic carboxylic acids is 1. The van der Waals surface area contributed by atoms with Crippen LogP contribution in [0.15, 0.2) is 36.5 Å². The van der Waals surface area contributed by atoms with Crippen molar-refractivity contribution < 1.29 is 19.4 Å². The number of carbonyl (C=O) groups excluding carboxylic acids is 1. The van der Waals surface area contributed by atoms with Crippen LogP contribution in [0.4, 0.5) is 0 Å². The summed E-state index contributed by atoms with van der Waals surface area (Å²) in [5.74, 6) is -1.11. The molecule has 1 unspecified atom stereocenters. The zero-order chi connectivity index (χ0) is 18.3. The maximum absolute atomic E-state index is 13.2. The van der Waals surface area contributed by atoms with Gasteiger partial charge in [0.2, 0.25) is 0 Å². The van der Waals surface area contributed by atoms with Crippen LogP contribution in [0, 0.1) is 0 Å². The minimum atomic E-state index is -1.15. The van der Waals surface area contributed by atoms with Crippen molar-refractivity contribution in [1.29, 1.82) is 0 Å². The van der Waals surface area contributed by atoms with Crippen molar-refractivity contribution in [1.82, 2.24) is 24.9 Å². The number of carboxylic acids is 1. The van der Waals surface area contributed by atoms with E-state index in [1.807, 2.05) is 0 Å². The van der Waals surface area contributed by atoms with Crippen LogP contribution >= 0.6 is 0 Å². The lowest BCUT2D eigenvalue weighted by molar-refractivity contribution is -0.142. The third-order valence-electron chi connectivity index (χ3n) is 4.33. The SMILES string of the molecule is Cn1nnc2c(C(=O)N3CCOc4ccccc4C3C(=O)O)ccnc21. The van der Waals surface area contributed by atoms with Crippen LogP contribution in [0.3, 0.4) is 0 Å². The van der Waals surface area contributed by atoms with E-state index in [1.165, 1.54) is 21.8 Å². The van der Waals surface area contributed by atoms with Crippen LogP contribution in [0.2, 0.25) is 0 Å². The Hall–Kier alpha value is -3.49. The molecule has 132 valence electrons. The Morgan fingerprint density at radius 2 is 2.08 bits per heavy atom. The van der Waals surface area contributed by atoms with Crippen molar-refractivity contribution in [3.63, 3.8) is 0 Å². The van der Waals surface area contributed by atoms with E-state index in [0.717, 1.165) is 0 Å². The number of hydrogen-bond donors (Lipinski definition) is 1. The highest BCUT2D eigenvalue weighted by Gasteiger charge is 2.36. The van der Waals surface area contributed by atoms with Gasteiger partial charge in [-0.2, -0.15) is 0 Å². The second kappa shape index (κ2) is 6.10. The van der Waals surface area contributed by atoms with Crippen LogP contribution in [-0.4, -0.2) is 55.0 Å². The van der Waals surface area contributed by atoms with Crippen LogP contribution in [0.1, 0.15) is 22.0 Å². The number of aromatic nitrogens is 4. The van der Waals surface area contributed by atoms with Gasteiger partial charge < -0.3 is 14.7 Å². The summed E-state index contributed by atoms with van der Waals surface area (Å²) in [6.45, 7) is 0.329. The quantitative estimate of drug-likeness (QED) is 0.732. The summed E-state index contributed by atoms with van der Waals surface area (Å²) in [6, 6.07) is 7.22. The van der Waals surface area contributed by atoms with E-state index in [0.29, 0.717) is 22.5 Å². The molecule has 1 aromatic carbocycles. The van der Waals surface area contributed by atoms with E-state index in [2.05, 4.69) is 15.3 Å². The minimum Gasteiger partial charge on any atom is -0.491 e. The number of pyridine rings is 1. The Morgan fingerprint density at radius 3 is 2.88 bits per heavy atom. The molecule has 1 amide bonds. The fourth-order valence-corrected chi connectivity index (χ4v) is 3.13. The fraction of sp³-hybridized carbons (Fsp3) is 0.235. The molecule has 1 N–H and O–H groups in total. The first-order chi connectivity index (χ1) is 12.6. The molecule has 1 aliphatic rings. The Balaban J connectivity index is 1.82. The highest BCUT2D eigenvalue weighted by atomic mass is 16.5. The molecule has 0 aliphatic carbocycles. The molecular weight excluding hydrogens is 338 g/mol. The van der Waals surface area contributed by atoms with E-state index in [-0.39, 0.29) is 18.7 Å². The predicted molar refractivity (Wildman–Crippen MR) is 89.7 cm³/mol. The Labute approximate surface area is 147 Å². The number of fused-ring (bicyclic) bond motifs is 2. The van der Waals surface area contributed by atoms with Gasteiger partial charge in [-0.1, -0.05) is 23.4 Å². The van der Waals surface area contributed by atoms with Crippen LogP contribution < -0.4 is 4.74 Å². The highest BCUT2D eigenvalue weighted by Crippen LogP contribution is 2.33. The van der Waals surface area contributed by atoms with Gasteiger partial charge in [-0.05, 0) is 12.1 Å². The number of rotatable bonds is 2.